The van der Waals surface area contributed by atoms with Crippen molar-refractivity contribution in [1.82, 2.24) is 4.90 Å². The van der Waals surface area contributed by atoms with Crippen LogP contribution in [-0.2, 0) is 19.1 Å². The van der Waals surface area contributed by atoms with E-state index >= 15 is 0 Å². The third-order valence-corrected chi connectivity index (χ3v) is 10.4. The number of furan rings is 1. The molecule has 5 rings (SSSR count). The van der Waals surface area contributed by atoms with Gasteiger partial charge in [-0.05, 0) is 93.4 Å². The molecule has 9 nitrogen and oxygen atoms in total. The van der Waals surface area contributed by atoms with Crippen LogP contribution in [0.2, 0.25) is 0 Å². The Balaban J connectivity index is 1.26. The van der Waals surface area contributed by atoms with Crippen molar-refractivity contribution in [3.63, 3.8) is 0 Å². The van der Waals surface area contributed by atoms with E-state index in [1.165, 1.54) is 19.3 Å². The van der Waals surface area contributed by atoms with Crippen molar-refractivity contribution in [2.45, 2.75) is 95.6 Å². The number of nitrogens with zero attached hydrogens (tertiary/aromatic N) is 1. The molecule has 0 unspecified atom stereocenters. The lowest BCUT2D eigenvalue weighted by Crippen LogP contribution is -2.50. The summed E-state index contributed by atoms with van der Waals surface area (Å²) in [6.45, 7) is 1.08. The van der Waals surface area contributed by atoms with Gasteiger partial charge in [-0.15, -0.1) is 0 Å². The van der Waals surface area contributed by atoms with Crippen LogP contribution in [-0.4, -0.2) is 68.3 Å². The molecule has 2 aromatic rings. The number of nitrogens with one attached hydrogen (secondary N) is 1. The Morgan fingerprint density at radius 1 is 1.02 bits per heavy atom. The van der Waals surface area contributed by atoms with E-state index in [1.54, 1.807) is 31.4 Å². The number of anilines is 1. The Hall–Kier alpha value is -2.98. The summed E-state index contributed by atoms with van der Waals surface area (Å²) in [7, 11) is 1.64. The standard InChI is InChI=1S/C35H50FN3O6/c1-43-19-5-6-20-44-35(42)31-22-26-21-27(13-14-30(26)45-31)38-33(40)32-28(23-7-3-2-4-8-23)16-18-39(32)34(41)25-11-9-24(10-12-25)29(37)15-17-36/h13-14,21-25,28-29,32H,2-12,15-20,37H2,1H3,(H,38,40)/t24-,25-,28-,29+,32-/m0/s1. The normalized spacial score (nSPS) is 24.9. The van der Waals surface area contributed by atoms with Gasteiger partial charge < -0.3 is 29.8 Å². The number of carbonyl (C=O) groups excluding carboxylic acids is 3. The third kappa shape index (κ3) is 8.25. The maximum absolute atomic E-state index is 14.1. The fourth-order valence-corrected chi connectivity index (χ4v) is 7.87. The van der Waals surface area contributed by atoms with Gasteiger partial charge in [0.1, 0.15) is 11.6 Å². The van der Waals surface area contributed by atoms with Gasteiger partial charge in [-0.3, -0.25) is 14.0 Å². The smallest absolute Gasteiger partial charge is 0.374 e. The zero-order chi connectivity index (χ0) is 31.8. The number of esters is 1. The number of hydrogen-bond donors (Lipinski definition) is 2. The topological polar surface area (TPSA) is 124 Å². The number of nitrogens with two attached hydrogens (primary N) is 1. The van der Waals surface area contributed by atoms with Gasteiger partial charge in [0.25, 0.3) is 0 Å². The molecule has 0 bridgehead atoms. The minimum Gasteiger partial charge on any atom is -0.460 e. The van der Waals surface area contributed by atoms with Crippen molar-refractivity contribution in [3.05, 3.63) is 30.0 Å². The molecule has 1 saturated heterocycles. The summed E-state index contributed by atoms with van der Waals surface area (Å²) in [5.41, 5.74) is 7.32. The number of amides is 2. The Bertz CT molecular complexity index is 1290. The average molecular weight is 628 g/mol. The Kier molecular flexibility index (Phi) is 11.9. The number of unbranched alkanes of at least 4 members (excludes halogenated alkanes) is 1. The lowest BCUT2D eigenvalue weighted by atomic mass is 9.76. The van der Waals surface area contributed by atoms with Crippen LogP contribution in [0.1, 0.15) is 94.0 Å². The first-order valence-corrected chi connectivity index (χ1v) is 17.0. The van der Waals surface area contributed by atoms with Crippen molar-refractivity contribution >= 4 is 34.4 Å². The molecule has 2 heterocycles. The zero-order valence-electron chi connectivity index (χ0n) is 26.6. The third-order valence-electron chi connectivity index (χ3n) is 10.4. The Morgan fingerprint density at radius 2 is 1.78 bits per heavy atom. The molecular formula is C35H50FN3O6. The van der Waals surface area contributed by atoms with Gasteiger partial charge >= 0.3 is 5.97 Å². The van der Waals surface area contributed by atoms with E-state index in [0.29, 0.717) is 48.6 Å². The summed E-state index contributed by atoms with van der Waals surface area (Å²) in [5.74, 6) is 0.190. The molecule has 3 N–H and O–H groups in total. The number of ether oxygens (including phenoxy) is 2. The number of alkyl halides is 1. The van der Waals surface area contributed by atoms with Crippen molar-refractivity contribution < 1.29 is 32.7 Å². The molecule has 2 saturated carbocycles. The van der Waals surface area contributed by atoms with E-state index in [1.807, 2.05) is 4.90 Å². The number of methoxy groups -OCH3 is 1. The lowest BCUT2D eigenvalue weighted by molar-refractivity contribution is -0.142. The van der Waals surface area contributed by atoms with E-state index in [9.17, 15) is 18.8 Å². The number of carbonyl (C=O) groups is 3. The van der Waals surface area contributed by atoms with Crippen molar-refractivity contribution in [3.8, 4) is 0 Å². The van der Waals surface area contributed by atoms with Gasteiger partial charge in [0, 0.05) is 43.3 Å². The minimum absolute atomic E-state index is 0.0710. The minimum atomic E-state index is -0.525. The summed E-state index contributed by atoms with van der Waals surface area (Å²) in [5, 5.41) is 3.79. The molecular weight excluding hydrogens is 577 g/mol. The number of hydrogen-bond acceptors (Lipinski definition) is 7. The quantitative estimate of drug-likeness (QED) is 0.199. The summed E-state index contributed by atoms with van der Waals surface area (Å²) < 4.78 is 28.9. The number of rotatable bonds is 13. The monoisotopic (exact) mass is 627 g/mol. The first-order valence-electron chi connectivity index (χ1n) is 17.0. The molecule has 0 spiro atoms. The van der Waals surface area contributed by atoms with Gasteiger partial charge in [0.15, 0.2) is 0 Å². The van der Waals surface area contributed by atoms with Crippen LogP contribution in [0.4, 0.5) is 10.1 Å². The molecule has 1 aromatic carbocycles. The second-order valence-corrected chi connectivity index (χ2v) is 13.3. The van der Waals surface area contributed by atoms with E-state index in [0.717, 1.165) is 51.4 Å². The molecule has 3 fully saturated rings. The second kappa shape index (κ2) is 16.0. The molecule has 248 valence electrons. The highest BCUT2D eigenvalue weighted by atomic mass is 19.1. The van der Waals surface area contributed by atoms with Crippen molar-refractivity contribution in [1.29, 1.82) is 0 Å². The molecule has 1 aromatic heterocycles. The Labute approximate surface area is 265 Å². The lowest BCUT2D eigenvalue weighted by Gasteiger charge is -2.37. The van der Waals surface area contributed by atoms with Crippen LogP contribution in [0.5, 0.6) is 0 Å². The molecule has 3 atom stereocenters. The van der Waals surface area contributed by atoms with Crippen LogP contribution >= 0.6 is 0 Å². The molecule has 1 aliphatic heterocycles. The SMILES string of the molecule is COCCCCOC(=O)c1cc2cc(NC(=O)[C@@H]3[C@H](C4CCCCC4)CCN3C(=O)[C@H]3CC[C@H]([C@H](N)CCF)CC3)ccc2o1. The number of benzene rings is 1. The van der Waals surface area contributed by atoms with Crippen LogP contribution in [0.25, 0.3) is 11.0 Å². The Morgan fingerprint density at radius 3 is 2.51 bits per heavy atom. The largest absolute Gasteiger partial charge is 0.460 e. The van der Waals surface area contributed by atoms with Crippen LogP contribution in [0, 0.1) is 23.7 Å². The van der Waals surface area contributed by atoms with Crippen LogP contribution < -0.4 is 11.1 Å². The maximum atomic E-state index is 14.1. The number of halogens is 1. The first-order chi connectivity index (χ1) is 21.9. The molecule has 3 aliphatic rings. The summed E-state index contributed by atoms with van der Waals surface area (Å²) in [6.07, 6.45) is 11.6. The van der Waals surface area contributed by atoms with E-state index in [2.05, 4.69) is 5.32 Å². The van der Waals surface area contributed by atoms with Gasteiger partial charge in [-0.1, -0.05) is 32.1 Å². The van der Waals surface area contributed by atoms with Crippen LogP contribution in [0.15, 0.2) is 28.7 Å². The zero-order valence-corrected chi connectivity index (χ0v) is 26.6. The first kappa shape index (κ1) is 33.4. The number of likely N-dealkylation sites (tertiary alicyclic amines) is 1. The molecule has 10 heteroatoms. The summed E-state index contributed by atoms with van der Waals surface area (Å²) >= 11 is 0. The number of fused-ring (bicyclic) bond motifs is 1. The van der Waals surface area contributed by atoms with E-state index in [-0.39, 0.29) is 48.0 Å². The van der Waals surface area contributed by atoms with Crippen molar-refractivity contribution in [2.24, 2.45) is 29.4 Å². The highest BCUT2D eigenvalue weighted by Gasteiger charge is 2.47. The fraction of sp³-hybridized carbons (Fsp3) is 0.686. The fourth-order valence-electron chi connectivity index (χ4n) is 7.87. The average Bonchev–Trinajstić information content (AvgIpc) is 3.70. The molecule has 0 radical (unpaired) electrons. The second-order valence-electron chi connectivity index (χ2n) is 13.3. The van der Waals surface area contributed by atoms with Gasteiger partial charge in [-0.2, -0.15) is 0 Å². The molecule has 45 heavy (non-hydrogen) atoms. The van der Waals surface area contributed by atoms with Gasteiger partial charge in [0.2, 0.25) is 17.6 Å². The highest BCUT2D eigenvalue weighted by Crippen LogP contribution is 2.41. The van der Waals surface area contributed by atoms with Crippen molar-refractivity contribution in [2.75, 3.05) is 38.9 Å². The van der Waals surface area contributed by atoms with Gasteiger partial charge in [0.05, 0.1) is 13.3 Å². The molecule has 2 aliphatic carbocycles. The van der Waals surface area contributed by atoms with Crippen LogP contribution in [0.3, 0.4) is 0 Å². The predicted octanol–water partition coefficient (Wildman–Crippen LogP) is 6.25. The van der Waals surface area contributed by atoms with E-state index in [4.69, 9.17) is 19.6 Å². The van der Waals surface area contributed by atoms with Gasteiger partial charge in [-0.25, -0.2) is 4.79 Å². The summed E-state index contributed by atoms with van der Waals surface area (Å²) in [6, 6.07) is 6.26. The molecule has 2 amide bonds. The van der Waals surface area contributed by atoms with E-state index < -0.39 is 18.7 Å². The predicted molar refractivity (Wildman–Crippen MR) is 170 cm³/mol. The maximum Gasteiger partial charge on any atom is 0.374 e. The summed E-state index contributed by atoms with van der Waals surface area (Å²) in [4.78, 5) is 42.4. The highest BCUT2D eigenvalue weighted by molar-refractivity contribution is 6.00.